The quantitative estimate of drug-likeness (QED) is 0.567. The third-order valence-corrected chi connectivity index (χ3v) is 4.09. The Morgan fingerprint density at radius 2 is 1.55 bits per heavy atom. The average Bonchev–Trinajstić information content (AvgIpc) is 2.76. The Kier molecular flexibility index (Phi) is 6.47. The average molecular weight is 395 g/mol. The number of rotatable bonds is 8. The van der Waals surface area contributed by atoms with Crippen molar-refractivity contribution in [2.24, 2.45) is 0 Å². The second-order valence-corrected chi connectivity index (χ2v) is 5.99. The van der Waals surface area contributed by atoms with Crippen LogP contribution in [0.1, 0.15) is 10.5 Å². The molecule has 0 saturated carbocycles. The molecule has 8 heteroatoms. The summed E-state index contributed by atoms with van der Waals surface area (Å²) in [7, 11) is 3.16. The molecule has 0 aliphatic heterocycles. The molecule has 3 rings (SSSR count). The number of nitrogens with zero attached hydrogens (tertiary/aromatic N) is 1. The minimum Gasteiger partial charge on any atom is -0.497 e. The third-order valence-electron chi connectivity index (χ3n) is 4.09. The third kappa shape index (κ3) is 5.35. The maximum Gasteiger partial charge on any atom is 0.346 e. The van der Waals surface area contributed by atoms with Crippen LogP contribution in [0.4, 0.5) is 0 Å². The number of hydrogen-bond donors (Lipinski definition) is 2. The topological polar surface area (TPSA) is 103 Å². The van der Waals surface area contributed by atoms with Crippen molar-refractivity contribution in [2.75, 3.05) is 27.4 Å². The van der Waals surface area contributed by atoms with Crippen molar-refractivity contribution in [1.82, 2.24) is 15.3 Å². The number of aromatic nitrogens is 2. The first-order chi connectivity index (χ1) is 14.1. The highest BCUT2D eigenvalue weighted by atomic mass is 16.5. The number of methoxy groups -OCH3 is 2. The monoisotopic (exact) mass is 395 g/mol. The smallest absolute Gasteiger partial charge is 0.346 e. The standard InChI is InChI=1S/C21H21N3O5/c1-27-15-5-3-14(4-6-15)18-13-19(24-21(26)23-18)20(25)22-11-12-29-17-9-7-16(28-2)8-10-17/h3-10,13H,11-12H2,1-2H3,(H,22,25)(H,23,24,26). The van der Waals surface area contributed by atoms with Crippen molar-refractivity contribution in [3.8, 4) is 28.5 Å². The van der Waals surface area contributed by atoms with Crippen LogP contribution in [0.2, 0.25) is 0 Å². The molecule has 0 bridgehead atoms. The summed E-state index contributed by atoms with van der Waals surface area (Å²) in [5.41, 5.74) is 0.628. The molecule has 0 aliphatic rings. The largest absolute Gasteiger partial charge is 0.497 e. The van der Waals surface area contributed by atoms with Gasteiger partial charge in [-0.3, -0.25) is 4.79 Å². The summed E-state index contributed by atoms with van der Waals surface area (Å²) in [5.74, 6) is 1.67. The van der Waals surface area contributed by atoms with E-state index in [1.165, 1.54) is 6.07 Å². The minimum atomic E-state index is -0.599. The molecule has 1 aromatic heterocycles. The van der Waals surface area contributed by atoms with Crippen molar-refractivity contribution in [3.63, 3.8) is 0 Å². The lowest BCUT2D eigenvalue weighted by molar-refractivity contribution is 0.0941. The molecule has 0 radical (unpaired) electrons. The highest BCUT2D eigenvalue weighted by Gasteiger charge is 2.10. The maximum atomic E-state index is 12.4. The molecule has 2 N–H and O–H groups in total. The lowest BCUT2D eigenvalue weighted by atomic mass is 10.1. The molecule has 0 unspecified atom stereocenters. The predicted molar refractivity (Wildman–Crippen MR) is 108 cm³/mol. The highest BCUT2D eigenvalue weighted by Crippen LogP contribution is 2.20. The summed E-state index contributed by atoms with van der Waals surface area (Å²) in [6, 6.07) is 15.7. The van der Waals surface area contributed by atoms with Gasteiger partial charge in [0.25, 0.3) is 5.91 Å². The van der Waals surface area contributed by atoms with Crippen molar-refractivity contribution < 1.29 is 19.0 Å². The molecule has 0 atom stereocenters. The van der Waals surface area contributed by atoms with Crippen LogP contribution < -0.4 is 25.2 Å². The van der Waals surface area contributed by atoms with E-state index in [0.717, 1.165) is 5.75 Å². The molecule has 0 spiro atoms. The van der Waals surface area contributed by atoms with E-state index >= 15 is 0 Å². The zero-order valence-corrected chi connectivity index (χ0v) is 16.1. The van der Waals surface area contributed by atoms with Crippen molar-refractivity contribution in [2.45, 2.75) is 0 Å². The Bertz CT molecular complexity index is 1010. The van der Waals surface area contributed by atoms with E-state index in [9.17, 15) is 9.59 Å². The normalized spacial score (nSPS) is 10.3. The van der Waals surface area contributed by atoms with Gasteiger partial charge in [0.15, 0.2) is 0 Å². The maximum absolute atomic E-state index is 12.4. The van der Waals surface area contributed by atoms with E-state index in [0.29, 0.717) is 22.8 Å². The van der Waals surface area contributed by atoms with Crippen LogP contribution in [0.5, 0.6) is 17.2 Å². The van der Waals surface area contributed by atoms with E-state index in [1.54, 1.807) is 62.8 Å². The number of amides is 1. The molecular formula is C21H21N3O5. The van der Waals surface area contributed by atoms with Crippen LogP contribution in [0, 0.1) is 0 Å². The van der Waals surface area contributed by atoms with Crippen molar-refractivity contribution >= 4 is 5.91 Å². The Balaban J connectivity index is 1.59. The van der Waals surface area contributed by atoms with Crippen LogP contribution in [-0.4, -0.2) is 43.2 Å². The fraction of sp³-hybridized carbons (Fsp3) is 0.190. The van der Waals surface area contributed by atoms with Crippen LogP contribution in [-0.2, 0) is 0 Å². The van der Waals surface area contributed by atoms with Gasteiger partial charge in [0.1, 0.15) is 29.5 Å². The predicted octanol–water partition coefficient (Wildman–Crippen LogP) is 2.26. The first kappa shape index (κ1) is 19.9. The second-order valence-electron chi connectivity index (χ2n) is 5.99. The molecule has 8 nitrogen and oxygen atoms in total. The van der Waals surface area contributed by atoms with Crippen LogP contribution in [0.15, 0.2) is 59.4 Å². The van der Waals surface area contributed by atoms with E-state index in [2.05, 4.69) is 15.3 Å². The van der Waals surface area contributed by atoms with Crippen LogP contribution >= 0.6 is 0 Å². The molecule has 3 aromatic rings. The van der Waals surface area contributed by atoms with Gasteiger partial charge in [0.2, 0.25) is 0 Å². The number of carbonyl (C=O) groups is 1. The molecule has 2 aromatic carbocycles. The van der Waals surface area contributed by atoms with E-state index in [-0.39, 0.29) is 18.8 Å². The van der Waals surface area contributed by atoms with E-state index in [1.807, 2.05) is 0 Å². The van der Waals surface area contributed by atoms with Gasteiger partial charge in [-0.1, -0.05) is 0 Å². The Morgan fingerprint density at radius 1 is 0.966 bits per heavy atom. The van der Waals surface area contributed by atoms with Gasteiger partial charge in [-0.2, -0.15) is 4.98 Å². The number of carbonyl (C=O) groups excluding carboxylic acids is 1. The second kappa shape index (κ2) is 9.41. The number of nitrogens with one attached hydrogen (secondary N) is 2. The number of hydrogen-bond acceptors (Lipinski definition) is 6. The molecule has 1 heterocycles. The first-order valence-electron chi connectivity index (χ1n) is 8.90. The zero-order valence-electron chi connectivity index (χ0n) is 16.1. The Labute approximate surface area is 167 Å². The number of aromatic amines is 1. The minimum absolute atomic E-state index is 0.125. The van der Waals surface area contributed by atoms with Crippen LogP contribution in [0.25, 0.3) is 11.3 Å². The van der Waals surface area contributed by atoms with Gasteiger partial charge in [-0.15, -0.1) is 0 Å². The highest BCUT2D eigenvalue weighted by molar-refractivity contribution is 5.93. The molecule has 0 aliphatic carbocycles. The zero-order chi connectivity index (χ0) is 20.6. The van der Waals surface area contributed by atoms with E-state index in [4.69, 9.17) is 14.2 Å². The molecule has 1 amide bonds. The molecule has 29 heavy (non-hydrogen) atoms. The van der Waals surface area contributed by atoms with E-state index < -0.39 is 11.6 Å². The summed E-state index contributed by atoms with van der Waals surface area (Å²) in [6.07, 6.45) is 0. The summed E-state index contributed by atoms with van der Waals surface area (Å²) in [5, 5.41) is 2.71. The summed E-state index contributed by atoms with van der Waals surface area (Å²) >= 11 is 0. The Hall–Kier alpha value is -3.81. The summed E-state index contributed by atoms with van der Waals surface area (Å²) in [4.78, 5) is 30.6. The molecular weight excluding hydrogens is 374 g/mol. The fourth-order valence-electron chi connectivity index (χ4n) is 2.59. The summed E-state index contributed by atoms with van der Waals surface area (Å²) in [6.45, 7) is 0.547. The molecule has 0 fully saturated rings. The number of benzene rings is 2. The number of H-pyrrole nitrogens is 1. The van der Waals surface area contributed by atoms with Gasteiger partial charge in [-0.05, 0) is 54.6 Å². The van der Waals surface area contributed by atoms with Gasteiger partial charge >= 0.3 is 5.69 Å². The van der Waals surface area contributed by atoms with Crippen LogP contribution in [0.3, 0.4) is 0 Å². The SMILES string of the molecule is COc1ccc(OCCNC(=O)c2cc(-c3ccc(OC)cc3)nc(=O)[nH]2)cc1. The van der Waals surface area contributed by atoms with Gasteiger partial charge in [0, 0.05) is 5.56 Å². The van der Waals surface area contributed by atoms with Gasteiger partial charge in [-0.25, -0.2) is 4.79 Å². The van der Waals surface area contributed by atoms with Crippen molar-refractivity contribution in [1.29, 1.82) is 0 Å². The van der Waals surface area contributed by atoms with Gasteiger partial charge < -0.3 is 24.5 Å². The number of ether oxygens (including phenoxy) is 3. The van der Waals surface area contributed by atoms with Crippen molar-refractivity contribution in [3.05, 3.63) is 70.8 Å². The van der Waals surface area contributed by atoms with Gasteiger partial charge in [0.05, 0.1) is 26.5 Å². The Morgan fingerprint density at radius 3 is 2.17 bits per heavy atom. The first-order valence-corrected chi connectivity index (χ1v) is 8.90. The lowest BCUT2D eigenvalue weighted by Gasteiger charge is -2.09. The fourth-order valence-corrected chi connectivity index (χ4v) is 2.59. The lowest BCUT2D eigenvalue weighted by Crippen LogP contribution is -2.30. The molecule has 0 saturated heterocycles. The summed E-state index contributed by atoms with van der Waals surface area (Å²) < 4.78 is 15.8. The molecule has 150 valence electrons.